The van der Waals surface area contributed by atoms with Gasteiger partial charge in [0.05, 0.1) is 6.54 Å². The van der Waals surface area contributed by atoms with Crippen LogP contribution in [0.15, 0.2) is 24.4 Å². The van der Waals surface area contributed by atoms with Crippen LogP contribution in [-0.4, -0.2) is 9.55 Å². The standard InChI is InChI=1S/C17H23ClN2/c1-4-5-6-7-15-8-9-16(17(18)10-15)12-20-13(2)11-19-14(20)3/h8-11H,4-7,12H2,1-3H3. The van der Waals surface area contributed by atoms with Crippen molar-refractivity contribution < 1.29 is 0 Å². The third-order valence-electron chi connectivity index (χ3n) is 3.77. The Bertz CT molecular complexity index is 553. The van der Waals surface area contributed by atoms with Crippen molar-refractivity contribution in [1.82, 2.24) is 9.55 Å². The Morgan fingerprint density at radius 2 is 2.00 bits per heavy atom. The molecule has 20 heavy (non-hydrogen) atoms. The first-order valence-corrected chi connectivity index (χ1v) is 7.75. The molecule has 0 saturated heterocycles. The lowest BCUT2D eigenvalue weighted by Gasteiger charge is -2.11. The van der Waals surface area contributed by atoms with Crippen molar-refractivity contribution in [3.8, 4) is 0 Å². The smallest absolute Gasteiger partial charge is 0.106 e. The van der Waals surface area contributed by atoms with Crippen molar-refractivity contribution in [2.75, 3.05) is 0 Å². The van der Waals surface area contributed by atoms with Gasteiger partial charge in [0.2, 0.25) is 0 Å². The fourth-order valence-corrected chi connectivity index (χ4v) is 2.71. The second-order valence-corrected chi connectivity index (χ2v) is 5.82. The highest BCUT2D eigenvalue weighted by Crippen LogP contribution is 2.21. The number of nitrogens with zero attached hydrogens (tertiary/aromatic N) is 2. The first kappa shape index (κ1) is 15.1. The zero-order chi connectivity index (χ0) is 14.5. The zero-order valence-corrected chi connectivity index (χ0v) is 13.4. The van der Waals surface area contributed by atoms with E-state index >= 15 is 0 Å². The van der Waals surface area contributed by atoms with Crippen LogP contribution in [0.3, 0.4) is 0 Å². The predicted molar refractivity (Wildman–Crippen MR) is 85.5 cm³/mol. The highest BCUT2D eigenvalue weighted by Gasteiger charge is 2.07. The molecule has 2 rings (SSSR count). The molecule has 0 radical (unpaired) electrons. The Balaban J connectivity index is 2.10. The Hall–Kier alpha value is -1.28. The minimum Gasteiger partial charge on any atom is -0.328 e. The average molecular weight is 291 g/mol. The van der Waals surface area contributed by atoms with Gasteiger partial charge in [-0.05, 0) is 43.9 Å². The number of aromatic nitrogens is 2. The fourth-order valence-electron chi connectivity index (χ4n) is 2.44. The summed E-state index contributed by atoms with van der Waals surface area (Å²) in [5, 5.41) is 0.867. The van der Waals surface area contributed by atoms with E-state index in [-0.39, 0.29) is 0 Å². The summed E-state index contributed by atoms with van der Waals surface area (Å²) in [4.78, 5) is 4.33. The lowest BCUT2D eigenvalue weighted by molar-refractivity contribution is 0.715. The Morgan fingerprint density at radius 1 is 1.20 bits per heavy atom. The third-order valence-corrected chi connectivity index (χ3v) is 4.12. The van der Waals surface area contributed by atoms with Crippen LogP contribution < -0.4 is 0 Å². The largest absolute Gasteiger partial charge is 0.328 e. The molecule has 0 aliphatic heterocycles. The van der Waals surface area contributed by atoms with Crippen LogP contribution in [-0.2, 0) is 13.0 Å². The molecule has 0 atom stereocenters. The Labute approximate surface area is 126 Å². The van der Waals surface area contributed by atoms with Crippen molar-refractivity contribution >= 4 is 11.6 Å². The van der Waals surface area contributed by atoms with Crippen LogP contribution in [0.5, 0.6) is 0 Å². The molecular weight excluding hydrogens is 268 g/mol. The normalized spacial score (nSPS) is 11.0. The van der Waals surface area contributed by atoms with Gasteiger partial charge < -0.3 is 4.57 Å². The first-order chi connectivity index (χ1) is 9.61. The summed E-state index contributed by atoms with van der Waals surface area (Å²) >= 11 is 6.43. The van der Waals surface area contributed by atoms with Gasteiger partial charge in [0.15, 0.2) is 0 Å². The summed E-state index contributed by atoms with van der Waals surface area (Å²) in [6.45, 7) is 7.13. The van der Waals surface area contributed by atoms with Crippen LogP contribution in [0.25, 0.3) is 0 Å². The van der Waals surface area contributed by atoms with Crippen LogP contribution in [0.1, 0.15) is 48.8 Å². The van der Waals surface area contributed by atoms with E-state index in [1.807, 2.05) is 13.1 Å². The Morgan fingerprint density at radius 3 is 2.60 bits per heavy atom. The van der Waals surface area contributed by atoms with Gasteiger partial charge in [0.1, 0.15) is 5.82 Å². The number of aryl methyl sites for hydroxylation is 3. The summed E-state index contributed by atoms with van der Waals surface area (Å²) in [5.41, 5.74) is 3.67. The summed E-state index contributed by atoms with van der Waals surface area (Å²) in [6, 6.07) is 6.48. The van der Waals surface area contributed by atoms with E-state index in [9.17, 15) is 0 Å². The van der Waals surface area contributed by atoms with Crippen molar-refractivity contribution in [2.24, 2.45) is 0 Å². The highest BCUT2D eigenvalue weighted by molar-refractivity contribution is 6.31. The van der Waals surface area contributed by atoms with E-state index in [1.165, 1.54) is 30.5 Å². The lowest BCUT2D eigenvalue weighted by Crippen LogP contribution is -2.04. The monoisotopic (exact) mass is 290 g/mol. The molecular formula is C17H23ClN2. The molecule has 0 amide bonds. The van der Waals surface area contributed by atoms with Gasteiger partial charge >= 0.3 is 0 Å². The number of hydrogen-bond donors (Lipinski definition) is 0. The molecule has 2 aromatic rings. The molecule has 108 valence electrons. The number of rotatable bonds is 6. The number of imidazole rings is 1. The zero-order valence-electron chi connectivity index (χ0n) is 12.6. The summed E-state index contributed by atoms with van der Waals surface area (Å²) in [5.74, 6) is 1.03. The maximum atomic E-state index is 6.43. The maximum Gasteiger partial charge on any atom is 0.106 e. The van der Waals surface area contributed by atoms with E-state index < -0.39 is 0 Å². The second-order valence-electron chi connectivity index (χ2n) is 5.42. The minimum atomic E-state index is 0.797. The molecule has 0 aliphatic carbocycles. The van der Waals surface area contributed by atoms with Gasteiger partial charge in [-0.3, -0.25) is 0 Å². The molecule has 0 saturated carbocycles. The molecule has 1 aromatic heterocycles. The molecule has 1 heterocycles. The Kier molecular flexibility index (Phi) is 5.24. The third kappa shape index (κ3) is 3.63. The van der Waals surface area contributed by atoms with Crippen LogP contribution >= 0.6 is 11.6 Å². The van der Waals surface area contributed by atoms with Gasteiger partial charge in [-0.2, -0.15) is 0 Å². The van der Waals surface area contributed by atoms with Crippen LogP contribution in [0, 0.1) is 13.8 Å². The van der Waals surface area contributed by atoms with E-state index in [1.54, 1.807) is 0 Å². The van der Waals surface area contributed by atoms with Crippen molar-refractivity contribution in [3.05, 3.63) is 52.1 Å². The van der Waals surface area contributed by atoms with Crippen molar-refractivity contribution in [1.29, 1.82) is 0 Å². The summed E-state index contributed by atoms with van der Waals surface area (Å²) in [7, 11) is 0. The lowest BCUT2D eigenvalue weighted by atomic mass is 10.1. The van der Waals surface area contributed by atoms with E-state index in [0.29, 0.717) is 0 Å². The minimum absolute atomic E-state index is 0.797. The SMILES string of the molecule is CCCCCc1ccc(Cn2c(C)cnc2C)c(Cl)c1. The van der Waals surface area contributed by atoms with Crippen molar-refractivity contribution in [3.63, 3.8) is 0 Å². The predicted octanol–water partition coefficient (Wildman–Crippen LogP) is 4.93. The maximum absolute atomic E-state index is 6.43. The van der Waals surface area contributed by atoms with Crippen LogP contribution in [0.2, 0.25) is 5.02 Å². The highest BCUT2D eigenvalue weighted by atomic mass is 35.5. The fraction of sp³-hybridized carbons (Fsp3) is 0.471. The molecule has 2 nitrogen and oxygen atoms in total. The molecule has 0 spiro atoms. The summed E-state index contributed by atoms with van der Waals surface area (Å²) < 4.78 is 2.19. The topological polar surface area (TPSA) is 17.8 Å². The van der Waals surface area contributed by atoms with Crippen molar-refractivity contribution in [2.45, 2.75) is 53.0 Å². The molecule has 0 fully saturated rings. The number of unbranched alkanes of at least 4 members (excludes halogenated alkanes) is 2. The van der Waals surface area contributed by atoms with Gasteiger partial charge in [-0.1, -0.05) is 43.5 Å². The van der Waals surface area contributed by atoms with Gasteiger partial charge in [0.25, 0.3) is 0 Å². The molecule has 0 aliphatic rings. The van der Waals surface area contributed by atoms with Gasteiger partial charge in [-0.25, -0.2) is 4.98 Å². The molecule has 3 heteroatoms. The first-order valence-electron chi connectivity index (χ1n) is 7.38. The quantitative estimate of drug-likeness (QED) is 0.689. The van der Waals surface area contributed by atoms with E-state index in [4.69, 9.17) is 11.6 Å². The summed E-state index contributed by atoms with van der Waals surface area (Å²) in [6.07, 6.45) is 6.81. The molecule has 0 bridgehead atoms. The van der Waals surface area contributed by atoms with Gasteiger partial charge in [-0.15, -0.1) is 0 Å². The van der Waals surface area contributed by atoms with Crippen LogP contribution in [0.4, 0.5) is 0 Å². The molecule has 0 unspecified atom stereocenters. The second kappa shape index (κ2) is 6.94. The molecule has 1 aromatic carbocycles. The average Bonchev–Trinajstić information content (AvgIpc) is 2.73. The number of halogens is 1. The molecule has 0 N–H and O–H groups in total. The van der Waals surface area contributed by atoms with E-state index in [0.717, 1.165) is 29.4 Å². The van der Waals surface area contributed by atoms with Gasteiger partial charge in [0, 0.05) is 16.9 Å². The number of hydrogen-bond acceptors (Lipinski definition) is 1. The number of benzene rings is 1. The van der Waals surface area contributed by atoms with E-state index in [2.05, 4.69) is 41.6 Å².